The molecule has 1 aromatic carbocycles. The third-order valence-electron chi connectivity index (χ3n) is 4.88. The van der Waals surface area contributed by atoms with Crippen molar-refractivity contribution in [1.29, 1.82) is 0 Å². The standard InChI is InChI=1S/C19H21FN6OS/c1-25-18(13-6-8-14(20)9-7-13)23-24-19(25)28-12-17(27)22-16-10-11-21-26(16)15-4-2-3-5-15/h6-11,15H,2-5,12H2,1H3,(H,22,27). The number of rotatable bonds is 6. The van der Waals surface area contributed by atoms with E-state index in [9.17, 15) is 9.18 Å². The molecule has 1 saturated carbocycles. The Bertz CT molecular complexity index is 961. The van der Waals surface area contributed by atoms with E-state index in [-0.39, 0.29) is 17.5 Å². The fourth-order valence-corrected chi connectivity index (χ4v) is 4.16. The molecule has 0 bridgehead atoms. The minimum absolute atomic E-state index is 0.115. The van der Waals surface area contributed by atoms with Crippen molar-refractivity contribution in [3.05, 3.63) is 42.3 Å². The van der Waals surface area contributed by atoms with Crippen molar-refractivity contribution >= 4 is 23.5 Å². The zero-order chi connectivity index (χ0) is 19.5. The van der Waals surface area contributed by atoms with Crippen molar-refractivity contribution in [1.82, 2.24) is 24.5 Å². The maximum Gasteiger partial charge on any atom is 0.235 e. The predicted octanol–water partition coefficient (Wildman–Crippen LogP) is 3.66. The lowest BCUT2D eigenvalue weighted by molar-refractivity contribution is -0.113. The van der Waals surface area contributed by atoms with Crippen LogP contribution in [0.25, 0.3) is 11.4 Å². The van der Waals surface area contributed by atoms with Gasteiger partial charge in [-0.05, 0) is 37.1 Å². The third-order valence-corrected chi connectivity index (χ3v) is 5.90. The molecule has 0 aliphatic heterocycles. The summed E-state index contributed by atoms with van der Waals surface area (Å²) in [6, 6.07) is 8.29. The van der Waals surface area contributed by atoms with E-state index < -0.39 is 0 Å². The molecular weight excluding hydrogens is 379 g/mol. The molecule has 0 spiro atoms. The number of aromatic nitrogens is 5. The molecule has 0 atom stereocenters. The molecule has 28 heavy (non-hydrogen) atoms. The molecule has 0 unspecified atom stereocenters. The molecule has 1 fully saturated rings. The number of carbonyl (C=O) groups is 1. The smallest absolute Gasteiger partial charge is 0.235 e. The average Bonchev–Trinajstić information content (AvgIpc) is 3.42. The van der Waals surface area contributed by atoms with Crippen molar-refractivity contribution in [2.45, 2.75) is 36.9 Å². The van der Waals surface area contributed by atoms with Crippen LogP contribution < -0.4 is 5.32 Å². The fraction of sp³-hybridized carbons (Fsp3) is 0.368. The highest BCUT2D eigenvalue weighted by Crippen LogP contribution is 2.31. The second-order valence-electron chi connectivity index (χ2n) is 6.81. The largest absolute Gasteiger partial charge is 0.310 e. The maximum absolute atomic E-state index is 13.1. The lowest BCUT2D eigenvalue weighted by Crippen LogP contribution is -2.19. The van der Waals surface area contributed by atoms with Gasteiger partial charge < -0.3 is 9.88 Å². The normalized spacial score (nSPS) is 14.5. The van der Waals surface area contributed by atoms with Crippen molar-refractivity contribution in [2.24, 2.45) is 7.05 Å². The van der Waals surface area contributed by atoms with Gasteiger partial charge in [0.15, 0.2) is 11.0 Å². The van der Waals surface area contributed by atoms with Gasteiger partial charge in [-0.15, -0.1) is 10.2 Å². The quantitative estimate of drug-likeness (QED) is 0.639. The van der Waals surface area contributed by atoms with Gasteiger partial charge >= 0.3 is 0 Å². The van der Waals surface area contributed by atoms with Gasteiger partial charge in [-0.25, -0.2) is 9.07 Å². The molecule has 0 radical (unpaired) electrons. The van der Waals surface area contributed by atoms with E-state index in [0.717, 1.165) is 24.2 Å². The number of halogens is 1. The Morgan fingerprint density at radius 3 is 2.71 bits per heavy atom. The maximum atomic E-state index is 13.1. The highest BCUT2D eigenvalue weighted by molar-refractivity contribution is 7.99. The predicted molar refractivity (Wildman–Crippen MR) is 105 cm³/mol. The third kappa shape index (κ3) is 3.94. The number of amides is 1. The summed E-state index contributed by atoms with van der Waals surface area (Å²) >= 11 is 1.31. The van der Waals surface area contributed by atoms with Crippen LogP contribution in [-0.4, -0.2) is 36.2 Å². The molecule has 1 N–H and O–H groups in total. The van der Waals surface area contributed by atoms with Crippen molar-refractivity contribution in [2.75, 3.05) is 11.1 Å². The van der Waals surface area contributed by atoms with E-state index in [1.54, 1.807) is 22.9 Å². The van der Waals surface area contributed by atoms with Crippen molar-refractivity contribution in [3.8, 4) is 11.4 Å². The molecule has 7 nitrogen and oxygen atoms in total. The lowest BCUT2D eigenvalue weighted by Gasteiger charge is -2.14. The van der Waals surface area contributed by atoms with Crippen LogP contribution in [0.1, 0.15) is 31.7 Å². The van der Waals surface area contributed by atoms with Gasteiger partial charge in [0.2, 0.25) is 5.91 Å². The molecule has 1 amide bonds. The lowest BCUT2D eigenvalue weighted by atomic mass is 10.2. The number of nitrogens with zero attached hydrogens (tertiary/aromatic N) is 5. The van der Waals surface area contributed by atoms with Gasteiger partial charge in [-0.1, -0.05) is 24.6 Å². The minimum Gasteiger partial charge on any atom is -0.310 e. The molecular formula is C19H21FN6OS. The van der Waals surface area contributed by atoms with Crippen LogP contribution in [-0.2, 0) is 11.8 Å². The van der Waals surface area contributed by atoms with Crippen molar-refractivity contribution in [3.63, 3.8) is 0 Å². The Labute approximate surface area is 166 Å². The Balaban J connectivity index is 1.38. The summed E-state index contributed by atoms with van der Waals surface area (Å²) in [6.45, 7) is 0. The second kappa shape index (κ2) is 8.14. The van der Waals surface area contributed by atoms with Gasteiger partial charge in [0, 0.05) is 18.7 Å². The van der Waals surface area contributed by atoms with Crippen molar-refractivity contribution < 1.29 is 9.18 Å². The van der Waals surface area contributed by atoms with E-state index in [1.165, 1.54) is 36.7 Å². The molecule has 1 aliphatic carbocycles. The minimum atomic E-state index is -0.297. The van der Waals surface area contributed by atoms with Crippen LogP contribution in [0.15, 0.2) is 41.7 Å². The molecule has 1 aliphatic rings. The van der Waals surface area contributed by atoms with Gasteiger partial charge in [0.1, 0.15) is 11.6 Å². The van der Waals surface area contributed by atoms with Crippen LogP contribution in [0, 0.1) is 5.82 Å². The summed E-state index contributed by atoms with van der Waals surface area (Å²) in [4.78, 5) is 12.4. The Kier molecular flexibility index (Phi) is 5.43. The molecule has 0 saturated heterocycles. The van der Waals surface area contributed by atoms with E-state index >= 15 is 0 Å². The second-order valence-corrected chi connectivity index (χ2v) is 7.75. The summed E-state index contributed by atoms with van der Waals surface area (Å²) in [5.41, 5.74) is 0.771. The first kappa shape index (κ1) is 18.7. The number of hydrogen-bond donors (Lipinski definition) is 1. The van der Waals surface area contributed by atoms with E-state index in [0.29, 0.717) is 17.0 Å². The fourth-order valence-electron chi connectivity index (χ4n) is 3.45. The summed E-state index contributed by atoms with van der Waals surface area (Å²) in [5.74, 6) is 1.17. The van der Waals surface area contributed by atoms with Gasteiger partial charge in [-0.2, -0.15) is 5.10 Å². The molecule has 4 rings (SSSR count). The van der Waals surface area contributed by atoms with E-state index in [2.05, 4.69) is 20.6 Å². The van der Waals surface area contributed by atoms with Crippen LogP contribution >= 0.6 is 11.8 Å². The summed E-state index contributed by atoms with van der Waals surface area (Å²) in [5, 5.41) is 16.2. The van der Waals surface area contributed by atoms with Gasteiger partial charge in [0.05, 0.1) is 18.0 Å². The first-order valence-electron chi connectivity index (χ1n) is 9.23. The van der Waals surface area contributed by atoms with E-state index in [4.69, 9.17) is 0 Å². The number of anilines is 1. The Morgan fingerprint density at radius 2 is 1.96 bits per heavy atom. The number of hydrogen-bond acceptors (Lipinski definition) is 5. The summed E-state index contributed by atoms with van der Waals surface area (Å²) in [7, 11) is 1.83. The number of benzene rings is 1. The molecule has 9 heteroatoms. The summed E-state index contributed by atoms with van der Waals surface area (Å²) < 4.78 is 16.8. The highest BCUT2D eigenvalue weighted by atomic mass is 32.2. The average molecular weight is 400 g/mol. The topological polar surface area (TPSA) is 77.6 Å². The Hall–Kier alpha value is -2.68. The monoisotopic (exact) mass is 400 g/mol. The Morgan fingerprint density at radius 1 is 1.21 bits per heavy atom. The first-order valence-corrected chi connectivity index (χ1v) is 10.2. The molecule has 2 heterocycles. The van der Waals surface area contributed by atoms with Gasteiger partial charge in [-0.3, -0.25) is 4.79 Å². The van der Waals surface area contributed by atoms with Crippen LogP contribution in [0.5, 0.6) is 0 Å². The number of carbonyl (C=O) groups excluding carboxylic acids is 1. The summed E-state index contributed by atoms with van der Waals surface area (Å²) in [6.07, 6.45) is 6.33. The first-order chi connectivity index (χ1) is 13.6. The number of nitrogens with one attached hydrogen (secondary N) is 1. The molecule has 3 aromatic rings. The van der Waals surface area contributed by atoms with Crippen LogP contribution in [0.4, 0.5) is 10.2 Å². The zero-order valence-corrected chi connectivity index (χ0v) is 16.3. The molecule has 2 aromatic heterocycles. The van der Waals surface area contributed by atoms with Crippen LogP contribution in [0.3, 0.4) is 0 Å². The number of thioether (sulfide) groups is 1. The highest BCUT2D eigenvalue weighted by Gasteiger charge is 2.21. The van der Waals surface area contributed by atoms with E-state index in [1.807, 2.05) is 17.8 Å². The van der Waals surface area contributed by atoms with Crippen LogP contribution in [0.2, 0.25) is 0 Å². The molecule has 146 valence electrons. The SMILES string of the molecule is Cn1c(SCC(=O)Nc2ccnn2C2CCCC2)nnc1-c1ccc(F)cc1. The zero-order valence-electron chi connectivity index (χ0n) is 15.5. The van der Waals surface area contributed by atoms with Gasteiger partial charge in [0.25, 0.3) is 0 Å².